The highest BCUT2D eigenvalue weighted by Crippen LogP contribution is 2.50. The first-order chi connectivity index (χ1) is 10.3. The molecule has 2 aromatic carbocycles. The molecule has 1 fully saturated rings. The lowest BCUT2D eigenvalue weighted by atomic mass is 9.77. The van der Waals surface area contributed by atoms with Crippen LogP contribution in [0.15, 0.2) is 48.5 Å². The zero-order chi connectivity index (χ0) is 14.2. The van der Waals surface area contributed by atoms with E-state index in [-0.39, 0.29) is 6.10 Å². The van der Waals surface area contributed by atoms with E-state index in [1.807, 2.05) is 12.1 Å². The molecule has 0 unspecified atom stereocenters. The fourth-order valence-electron chi connectivity index (χ4n) is 3.66. The molecule has 2 nitrogen and oxygen atoms in total. The van der Waals surface area contributed by atoms with Crippen LogP contribution in [0.1, 0.15) is 36.1 Å². The molecule has 2 aromatic rings. The molecule has 0 amide bonds. The van der Waals surface area contributed by atoms with Gasteiger partial charge in [0.2, 0.25) is 0 Å². The third-order valence-corrected chi connectivity index (χ3v) is 4.93. The fourth-order valence-corrected chi connectivity index (χ4v) is 3.94. The maximum atomic E-state index is 6.44. The van der Waals surface area contributed by atoms with Crippen LogP contribution in [-0.4, -0.2) is 6.61 Å². The van der Waals surface area contributed by atoms with E-state index in [4.69, 9.17) is 16.3 Å². The van der Waals surface area contributed by atoms with Crippen molar-refractivity contribution in [2.45, 2.75) is 25.0 Å². The predicted octanol–water partition coefficient (Wildman–Crippen LogP) is 4.97. The van der Waals surface area contributed by atoms with Crippen LogP contribution < -0.4 is 5.32 Å². The molecule has 0 saturated carbocycles. The van der Waals surface area contributed by atoms with Crippen LogP contribution in [0.3, 0.4) is 0 Å². The van der Waals surface area contributed by atoms with E-state index < -0.39 is 0 Å². The molecule has 0 spiro atoms. The number of ether oxygens (including phenoxy) is 1. The Morgan fingerprint density at radius 2 is 1.90 bits per heavy atom. The summed E-state index contributed by atoms with van der Waals surface area (Å²) in [5.41, 5.74) is 3.57. The summed E-state index contributed by atoms with van der Waals surface area (Å²) in [5.74, 6) is 0.438. The summed E-state index contributed by atoms with van der Waals surface area (Å²) < 4.78 is 6.12. The maximum Gasteiger partial charge on any atom is 0.0910 e. The molecule has 1 saturated heterocycles. The summed E-state index contributed by atoms with van der Waals surface area (Å²) in [6.07, 6.45) is 2.39. The Kier molecular flexibility index (Phi) is 3.36. The van der Waals surface area contributed by atoms with Crippen molar-refractivity contribution in [3.05, 3.63) is 64.7 Å². The van der Waals surface area contributed by atoms with Crippen LogP contribution >= 0.6 is 11.6 Å². The Morgan fingerprint density at radius 1 is 1.05 bits per heavy atom. The van der Waals surface area contributed by atoms with Crippen molar-refractivity contribution in [2.24, 2.45) is 5.92 Å². The topological polar surface area (TPSA) is 21.3 Å². The van der Waals surface area contributed by atoms with Gasteiger partial charge in [0.25, 0.3) is 0 Å². The van der Waals surface area contributed by atoms with E-state index in [9.17, 15) is 0 Å². The first-order valence-electron chi connectivity index (χ1n) is 7.56. The lowest BCUT2D eigenvalue weighted by Gasteiger charge is -2.43. The lowest BCUT2D eigenvalue weighted by Crippen LogP contribution is -2.36. The Balaban J connectivity index is 1.81. The number of halogens is 1. The summed E-state index contributed by atoms with van der Waals surface area (Å²) in [6.45, 7) is 0.827. The van der Waals surface area contributed by atoms with Gasteiger partial charge in [-0.05, 0) is 30.5 Å². The van der Waals surface area contributed by atoms with E-state index in [0.717, 1.165) is 29.3 Å². The third kappa shape index (κ3) is 2.23. The SMILES string of the molecule is Clc1cccc2c1[C@@H]1OCCC[C@H]1[C@H](c1ccccc1)N2. The van der Waals surface area contributed by atoms with E-state index in [1.54, 1.807) is 0 Å². The van der Waals surface area contributed by atoms with Crippen molar-refractivity contribution < 1.29 is 4.74 Å². The van der Waals surface area contributed by atoms with Crippen molar-refractivity contribution in [3.8, 4) is 0 Å². The molecule has 21 heavy (non-hydrogen) atoms. The molecule has 2 aliphatic rings. The van der Waals surface area contributed by atoms with Crippen LogP contribution in [0.5, 0.6) is 0 Å². The molecule has 3 atom stereocenters. The average molecular weight is 300 g/mol. The van der Waals surface area contributed by atoms with Gasteiger partial charge in [0, 0.05) is 28.8 Å². The summed E-state index contributed by atoms with van der Waals surface area (Å²) in [4.78, 5) is 0. The van der Waals surface area contributed by atoms with E-state index >= 15 is 0 Å². The molecule has 108 valence electrons. The molecule has 0 aromatic heterocycles. The van der Waals surface area contributed by atoms with Gasteiger partial charge < -0.3 is 10.1 Å². The number of fused-ring (bicyclic) bond motifs is 3. The minimum atomic E-state index is 0.105. The molecule has 2 heterocycles. The summed E-state index contributed by atoms with van der Waals surface area (Å²) >= 11 is 6.44. The van der Waals surface area contributed by atoms with Gasteiger partial charge in [0.1, 0.15) is 0 Å². The first kappa shape index (κ1) is 13.2. The quantitative estimate of drug-likeness (QED) is 0.802. The Bertz CT molecular complexity index is 643. The van der Waals surface area contributed by atoms with Crippen LogP contribution in [0.4, 0.5) is 5.69 Å². The van der Waals surface area contributed by atoms with Crippen molar-refractivity contribution >= 4 is 17.3 Å². The van der Waals surface area contributed by atoms with Crippen LogP contribution in [0.2, 0.25) is 5.02 Å². The Labute approximate surface area is 130 Å². The van der Waals surface area contributed by atoms with Crippen LogP contribution in [0.25, 0.3) is 0 Å². The minimum Gasteiger partial charge on any atom is -0.377 e. The fraction of sp³-hybridized carbons (Fsp3) is 0.333. The van der Waals surface area contributed by atoms with Gasteiger partial charge in [0.15, 0.2) is 0 Å². The smallest absolute Gasteiger partial charge is 0.0910 e. The van der Waals surface area contributed by atoms with Crippen molar-refractivity contribution in [1.82, 2.24) is 0 Å². The summed E-state index contributed by atoms with van der Waals surface area (Å²) in [6, 6.07) is 17.0. The predicted molar refractivity (Wildman–Crippen MR) is 85.7 cm³/mol. The standard InChI is InChI=1S/C18H18ClNO/c19-14-9-4-10-15-16(14)18-13(8-5-11-21-18)17(20-15)12-6-2-1-3-7-12/h1-4,6-7,9-10,13,17-18,20H,5,8,11H2/t13-,17-,18+/m0/s1. The molecular weight excluding hydrogens is 282 g/mol. The van der Waals surface area contributed by atoms with Gasteiger partial charge in [-0.25, -0.2) is 0 Å². The highest BCUT2D eigenvalue weighted by atomic mass is 35.5. The van der Waals surface area contributed by atoms with E-state index in [0.29, 0.717) is 12.0 Å². The van der Waals surface area contributed by atoms with Crippen molar-refractivity contribution in [1.29, 1.82) is 0 Å². The largest absolute Gasteiger partial charge is 0.377 e. The second-order valence-electron chi connectivity index (χ2n) is 5.83. The van der Waals surface area contributed by atoms with Crippen molar-refractivity contribution in [3.63, 3.8) is 0 Å². The summed E-state index contributed by atoms with van der Waals surface area (Å²) in [7, 11) is 0. The number of rotatable bonds is 1. The van der Waals surface area contributed by atoms with Gasteiger partial charge in [-0.3, -0.25) is 0 Å². The molecule has 0 bridgehead atoms. The number of anilines is 1. The van der Waals surface area contributed by atoms with Gasteiger partial charge in [-0.15, -0.1) is 0 Å². The number of hydrogen-bond acceptors (Lipinski definition) is 2. The molecule has 4 rings (SSSR count). The average Bonchev–Trinajstić information content (AvgIpc) is 2.55. The minimum absolute atomic E-state index is 0.105. The lowest BCUT2D eigenvalue weighted by molar-refractivity contribution is -0.0380. The number of benzene rings is 2. The maximum absolute atomic E-state index is 6.44. The first-order valence-corrected chi connectivity index (χ1v) is 7.94. The molecule has 2 aliphatic heterocycles. The second kappa shape index (κ2) is 5.36. The van der Waals surface area contributed by atoms with Crippen LogP contribution in [-0.2, 0) is 4.74 Å². The van der Waals surface area contributed by atoms with Crippen LogP contribution in [0, 0.1) is 5.92 Å². The highest BCUT2D eigenvalue weighted by molar-refractivity contribution is 6.31. The number of nitrogens with one attached hydrogen (secondary N) is 1. The molecule has 0 aliphatic carbocycles. The van der Waals surface area contributed by atoms with E-state index in [2.05, 4.69) is 41.7 Å². The van der Waals surface area contributed by atoms with Gasteiger partial charge >= 0.3 is 0 Å². The normalized spacial score (nSPS) is 27.4. The molecular formula is C18H18ClNO. The molecule has 0 radical (unpaired) electrons. The second-order valence-corrected chi connectivity index (χ2v) is 6.24. The summed E-state index contributed by atoms with van der Waals surface area (Å²) in [5, 5.41) is 4.50. The third-order valence-electron chi connectivity index (χ3n) is 4.60. The van der Waals surface area contributed by atoms with Gasteiger partial charge in [-0.2, -0.15) is 0 Å². The molecule has 1 N–H and O–H groups in total. The number of hydrogen-bond donors (Lipinski definition) is 1. The Hall–Kier alpha value is -1.51. The monoisotopic (exact) mass is 299 g/mol. The zero-order valence-corrected chi connectivity index (χ0v) is 12.5. The van der Waals surface area contributed by atoms with E-state index in [1.165, 1.54) is 12.0 Å². The zero-order valence-electron chi connectivity index (χ0n) is 11.8. The van der Waals surface area contributed by atoms with Gasteiger partial charge in [0.05, 0.1) is 12.1 Å². The Morgan fingerprint density at radius 3 is 2.76 bits per heavy atom. The molecule has 3 heteroatoms. The van der Waals surface area contributed by atoms with Crippen molar-refractivity contribution in [2.75, 3.05) is 11.9 Å². The highest BCUT2D eigenvalue weighted by Gasteiger charge is 2.40. The van der Waals surface area contributed by atoms with Gasteiger partial charge in [-0.1, -0.05) is 48.0 Å².